The highest BCUT2D eigenvalue weighted by Crippen LogP contribution is 2.23. The van der Waals surface area contributed by atoms with Crippen LogP contribution in [-0.2, 0) is 14.3 Å². The first kappa shape index (κ1) is 19.0. The minimum absolute atomic E-state index is 0.120. The average Bonchev–Trinajstić information content (AvgIpc) is 2.60. The maximum atomic E-state index is 12.6. The third-order valence-electron chi connectivity index (χ3n) is 4.62. The van der Waals surface area contributed by atoms with Crippen molar-refractivity contribution < 1.29 is 19.1 Å². The number of likely N-dealkylation sites (tertiary alicyclic amines) is 1. The molecular formula is C20H27NO4. The Morgan fingerprint density at radius 2 is 1.76 bits per heavy atom. The van der Waals surface area contributed by atoms with Crippen molar-refractivity contribution in [2.45, 2.75) is 58.2 Å². The minimum Gasteiger partial charge on any atom is -0.497 e. The van der Waals surface area contributed by atoms with E-state index in [1.54, 1.807) is 20.1 Å². The lowest BCUT2D eigenvalue weighted by Gasteiger charge is -2.40. The van der Waals surface area contributed by atoms with Crippen molar-refractivity contribution in [2.75, 3.05) is 7.11 Å². The zero-order valence-corrected chi connectivity index (χ0v) is 15.4. The molecule has 1 saturated heterocycles. The number of carbonyl (C=O) groups excluding carboxylic acids is 2. The lowest BCUT2D eigenvalue weighted by atomic mass is 9.97. The van der Waals surface area contributed by atoms with E-state index in [1.807, 2.05) is 43.0 Å². The van der Waals surface area contributed by atoms with Crippen LogP contribution in [0.2, 0.25) is 0 Å². The predicted octanol–water partition coefficient (Wildman–Crippen LogP) is 3.43. The van der Waals surface area contributed by atoms with E-state index in [0.717, 1.165) is 30.6 Å². The van der Waals surface area contributed by atoms with E-state index in [2.05, 4.69) is 0 Å². The summed E-state index contributed by atoms with van der Waals surface area (Å²) in [7, 11) is 1.60. The zero-order chi connectivity index (χ0) is 18.4. The molecule has 1 aliphatic rings. The largest absolute Gasteiger partial charge is 0.497 e. The van der Waals surface area contributed by atoms with E-state index in [9.17, 15) is 9.59 Å². The van der Waals surface area contributed by atoms with E-state index in [-0.39, 0.29) is 18.0 Å². The standard InChI is InChI=1S/C20H27NO4/c1-14-6-5-7-15(2)21(14)20(23)16(3)25-19(22)13-10-17-8-11-18(24-4)12-9-17/h8-16H,5-7H2,1-4H3/b13-10+/t14-,15-,16+/m0/s1. The predicted molar refractivity (Wildman–Crippen MR) is 97.2 cm³/mol. The van der Waals surface area contributed by atoms with Crippen LogP contribution in [-0.4, -0.2) is 42.1 Å². The van der Waals surface area contributed by atoms with Gasteiger partial charge in [-0.3, -0.25) is 4.79 Å². The van der Waals surface area contributed by atoms with Crippen LogP contribution in [0.25, 0.3) is 6.08 Å². The number of hydrogen-bond donors (Lipinski definition) is 0. The van der Waals surface area contributed by atoms with Gasteiger partial charge < -0.3 is 14.4 Å². The Morgan fingerprint density at radius 3 is 2.32 bits per heavy atom. The quantitative estimate of drug-likeness (QED) is 0.606. The highest BCUT2D eigenvalue weighted by molar-refractivity contribution is 5.90. The fourth-order valence-corrected chi connectivity index (χ4v) is 3.21. The first-order chi connectivity index (χ1) is 11.9. The van der Waals surface area contributed by atoms with Gasteiger partial charge in [0.2, 0.25) is 0 Å². The second kappa shape index (κ2) is 8.70. The third-order valence-corrected chi connectivity index (χ3v) is 4.62. The fourth-order valence-electron chi connectivity index (χ4n) is 3.21. The Balaban J connectivity index is 1.92. The molecule has 0 N–H and O–H groups in total. The van der Waals surface area contributed by atoms with Crippen LogP contribution < -0.4 is 4.74 Å². The second-order valence-electron chi connectivity index (χ2n) is 6.56. The normalized spacial score (nSPS) is 21.8. The molecule has 1 aromatic carbocycles. The molecule has 136 valence electrons. The summed E-state index contributed by atoms with van der Waals surface area (Å²) in [5.74, 6) is 0.114. The number of rotatable bonds is 5. The van der Waals surface area contributed by atoms with Crippen LogP contribution in [0.4, 0.5) is 0 Å². The van der Waals surface area contributed by atoms with Gasteiger partial charge in [-0.1, -0.05) is 12.1 Å². The molecule has 0 saturated carbocycles. The molecule has 0 radical (unpaired) electrons. The van der Waals surface area contributed by atoms with Gasteiger partial charge in [0.15, 0.2) is 6.10 Å². The zero-order valence-electron chi connectivity index (χ0n) is 15.4. The van der Waals surface area contributed by atoms with E-state index in [1.165, 1.54) is 6.08 Å². The van der Waals surface area contributed by atoms with Gasteiger partial charge in [-0.05, 0) is 63.8 Å². The molecular weight excluding hydrogens is 318 g/mol. The molecule has 5 nitrogen and oxygen atoms in total. The monoisotopic (exact) mass is 345 g/mol. The van der Waals surface area contributed by atoms with Crippen molar-refractivity contribution in [3.8, 4) is 5.75 Å². The Labute approximate surface area is 149 Å². The van der Waals surface area contributed by atoms with Crippen molar-refractivity contribution in [1.82, 2.24) is 4.90 Å². The molecule has 25 heavy (non-hydrogen) atoms. The number of piperidine rings is 1. The molecule has 1 fully saturated rings. The third kappa shape index (κ3) is 5.08. The smallest absolute Gasteiger partial charge is 0.331 e. The van der Waals surface area contributed by atoms with Gasteiger partial charge in [0.25, 0.3) is 5.91 Å². The molecule has 5 heteroatoms. The molecule has 1 heterocycles. The molecule has 1 aromatic rings. The lowest BCUT2D eigenvalue weighted by molar-refractivity contribution is -0.158. The minimum atomic E-state index is -0.781. The Bertz CT molecular complexity index is 613. The molecule has 1 amide bonds. The molecule has 0 unspecified atom stereocenters. The Morgan fingerprint density at radius 1 is 1.16 bits per heavy atom. The lowest BCUT2D eigenvalue weighted by Crippen LogP contribution is -2.51. The van der Waals surface area contributed by atoms with Gasteiger partial charge in [0.05, 0.1) is 7.11 Å². The Hall–Kier alpha value is -2.30. The molecule has 0 aromatic heterocycles. The number of hydrogen-bond acceptors (Lipinski definition) is 4. The number of carbonyl (C=O) groups is 2. The first-order valence-electron chi connectivity index (χ1n) is 8.77. The Kier molecular flexibility index (Phi) is 6.62. The molecule has 3 atom stereocenters. The van der Waals surface area contributed by atoms with Crippen molar-refractivity contribution in [3.05, 3.63) is 35.9 Å². The van der Waals surface area contributed by atoms with E-state index in [0.29, 0.717) is 0 Å². The maximum Gasteiger partial charge on any atom is 0.331 e. The van der Waals surface area contributed by atoms with E-state index >= 15 is 0 Å². The van der Waals surface area contributed by atoms with Gasteiger partial charge in [0, 0.05) is 18.2 Å². The summed E-state index contributed by atoms with van der Waals surface area (Å²) in [6, 6.07) is 7.69. The molecule has 0 bridgehead atoms. The average molecular weight is 345 g/mol. The van der Waals surface area contributed by atoms with Crippen LogP contribution in [0.15, 0.2) is 30.3 Å². The van der Waals surface area contributed by atoms with Gasteiger partial charge in [0.1, 0.15) is 5.75 Å². The summed E-state index contributed by atoms with van der Waals surface area (Å²) >= 11 is 0. The number of benzene rings is 1. The van der Waals surface area contributed by atoms with Crippen LogP contribution in [0, 0.1) is 0 Å². The van der Waals surface area contributed by atoms with E-state index in [4.69, 9.17) is 9.47 Å². The van der Waals surface area contributed by atoms with E-state index < -0.39 is 12.1 Å². The highest BCUT2D eigenvalue weighted by atomic mass is 16.5. The summed E-state index contributed by atoms with van der Waals surface area (Å²) < 4.78 is 10.4. The van der Waals surface area contributed by atoms with Crippen LogP contribution in [0.5, 0.6) is 5.75 Å². The van der Waals surface area contributed by atoms with Gasteiger partial charge >= 0.3 is 5.97 Å². The van der Waals surface area contributed by atoms with Crippen LogP contribution >= 0.6 is 0 Å². The number of methoxy groups -OCH3 is 1. The SMILES string of the molecule is COc1ccc(/C=C/C(=O)O[C@H](C)C(=O)N2[C@@H](C)CCC[C@@H]2C)cc1. The number of esters is 1. The van der Waals surface area contributed by atoms with Crippen molar-refractivity contribution >= 4 is 18.0 Å². The van der Waals surface area contributed by atoms with Crippen LogP contribution in [0.1, 0.15) is 45.6 Å². The van der Waals surface area contributed by atoms with Gasteiger partial charge in [-0.25, -0.2) is 4.79 Å². The molecule has 1 aliphatic heterocycles. The van der Waals surface area contributed by atoms with Crippen molar-refractivity contribution in [1.29, 1.82) is 0 Å². The summed E-state index contributed by atoms with van der Waals surface area (Å²) in [4.78, 5) is 26.5. The number of nitrogens with zero attached hydrogens (tertiary/aromatic N) is 1. The molecule has 0 spiro atoms. The second-order valence-corrected chi connectivity index (χ2v) is 6.56. The summed E-state index contributed by atoms with van der Waals surface area (Å²) in [6.45, 7) is 5.73. The maximum absolute atomic E-state index is 12.6. The summed E-state index contributed by atoms with van der Waals surface area (Å²) in [6.07, 6.45) is 5.34. The van der Waals surface area contributed by atoms with Gasteiger partial charge in [-0.2, -0.15) is 0 Å². The molecule has 0 aliphatic carbocycles. The highest BCUT2D eigenvalue weighted by Gasteiger charge is 2.32. The topological polar surface area (TPSA) is 55.8 Å². The van der Waals surface area contributed by atoms with Gasteiger partial charge in [-0.15, -0.1) is 0 Å². The first-order valence-corrected chi connectivity index (χ1v) is 8.77. The number of ether oxygens (including phenoxy) is 2. The van der Waals surface area contributed by atoms with Crippen molar-refractivity contribution in [3.63, 3.8) is 0 Å². The summed E-state index contributed by atoms with van der Waals surface area (Å²) in [5.41, 5.74) is 0.856. The van der Waals surface area contributed by atoms with Crippen LogP contribution in [0.3, 0.4) is 0 Å². The summed E-state index contributed by atoms with van der Waals surface area (Å²) in [5, 5.41) is 0. The molecule has 2 rings (SSSR count). The number of amides is 1. The van der Waals surface area contributed by atoms with Crippen molar-refractivity contribution in [2.24, 2.45) is 0 Å². The fraction of sp³-hybridized carbons (Fsp3) is 0.500.